The van der Waals surface area contributed by atoms with Gasteiger partial charge in [-0.15, -0.1) is 0 Å². The van der Waals surface area contributed by atoms with Crippen LogP contribution in [0.1, 0.15) is 73.6 Å². The van der Waals surface area contributed by atoms with E-state index >= 15 is 0 Å². The Morgan fingerprint density at radius 1 is 1.07 bits per heavy atom. The second-order valence-electron chi connectivity index (χ2n) is 11.6. The van der Waals surface area contributed by atoms with E-state index in [1.54, 1.807) is 26.0 Å². The highest BCUT2D eigenvalue weighted by Gasteiger charge is 2.77. The third kappa shape index (κ3) is 5.87. The number of carbonyl (C=O) groups excluding carboxylic acids is 5. The van der Waals surface area contributed by atoms with Gasteiger partial charge < -0.3 is 23.7 Å². The van der Waals surface area contributed by atoms with E-state index in [1.807, 2.05) is 6.92 Å². The van der Waals surface area contributed by atoms with E-state index in [2.05, 4.69) is 6.92 Å². The van der Waals surface area contributed by atoms with Crippen LogP contribution in [0.2, 0.25) is 0 Å². The molecule has 0 aromatic rings. The zero-order chi connectivity index (χ0) is 29.9. The average Bonchev–Trinajstić information content (AvgIpc) is 3.69. The summed E-state index contributed by atoms with van der Waals surface area (Å²) in [5.74, 6) is -2.53. The van der Waals surface area contributed by atoms with Crippen LogP contribution in [-0.2, 0) is 47.7 Å². The first kappa shape index (κ1) is 31.5. The molecule has 10 heteroatoms. The number of aldehydes is 1. The van der Waals surface area contributed by atoms with E-state index in [9.17, 15) is 24.0 Å². The first-order chi connectivity index (χ1) is 18.8. The Balaban J connectivity index is 2.21. The van der Waals surface area contributed by atoms with Gasteiger partial charge in [-0.05, 0) is 56.4 Å². The van der Waals surface area contributed by atoms with E-state index in [-0.39, 0.29) is 24.5 Å². The molecule has 0 aromatic heterocycles. The number of allylic oxidation sites excluding steroid dienone is 2. The molecule has 1 saturated heterocycles. The molecule has 7 unspecified atom stereocenters. The number of hydrogen-bond acceptors (Lipinski definition) is 10. The molecule has 0 N–H and O–H groups in total. The Morgan fingerprint density at radius 2 is 1.75 bits per heavy atom. The molecule has 3 fully saturated rings. The van der Waals surface area contributed by atoms with Gasteiger partial charge in [0.2, 0.25) is 0 Å². The maximum absolute atomic E-state index is 13.1. The number of hydrogen-bond donors (Lipinski definition) is 0. The second kappa shape index (κ2) is 12.2. The number of esters is 4. The number of fused-ring (bicyclic) bond motifs is 2. The normalized spacial score (nSPS) is 35.3. The van der Waals surface area contributed by atoms with E-state index in [0.29, 0.717) is 44.1 Å². The fourth-order valence-electron chi connectivity index (χ4n) is 6.95. The fraction of sp³-hybridized carbons (Fsp3) is 0.700. The minimum Gasteiger partial charge on any atom is -0.469 e. The van der Waals surface area contributed by atoms with E-state index in [1.165, 1.54) is 21.0 Å². The van der Waals surface area contributed by atoms with Crippen molar-refractivity contribution in [2.75, 3.05) is 20.3 Å². The highest BCUT2D eigenvalue weighted by molar-refractivity contribution is 5.87. The van der Waals surface area contributed by atoms with E-state index < -0.39 is 58.4 Å². The van der Waals surface area contributed by atoms with Gasteiger partial charge in [-0.25, -0.2) is 4.79 Å². The average molecular weight is 563 g/mol. The molecule has 0 aromatic carbocycles. The Bertz CT molecular complexity index is 1090. The summed E-state index contributed by atoms with van der Waals surface area (Å²) in [6, 6.07) is 0. The Labute approximate surface area is 235 Å². The third-order valence-corrected chi connectivity index (χ3v) is 9.45. The third-order valence-electron chi connectivity index (χ3n) is 9.45. The molecule has 40 heavy (non-hydrogen) atoms. The quantitative estimate of drug-likeness (QED) is 0.128. The van der Waals surface area contributed by atoms with Gasteiger partial charge in [-0.2, -0.15) is 0 Å². The Morgan fingerprint density at radius 3 is 2.27 bits per heavy atom. The summed E-state index contributed by atoms with van der Waals surface area (Å²) in [5.41, 5.74) is -1.67. The van der Waals surface area contributed by atoms with Gasteiger partial charge in [-0.3, -0.25) is 19.2 Å². The minimum absolute atomic E-state index is 0.0870. The molecule has 0 radical (unpaired) electrons. The van der Waals surface area contributed by atoms with Crippen LogP contribution in [0.15, 0.2) is 23.3 Å². The molecule has 1 aliphatic heterocycles. The zero-order valence-corrected chi connectivity index (χ0v) is 24.6. The topological polar surface area (TPSA) is 135 Å². The van der Waals surface area contributed by atoms with Crippen LogP contribution in [0.5, 0.6) is 0 Å². The standard InChI is InChI=1S/C30H42O10/c1-8-18(2)27(35)40-23-10-12-29(16-38-29)30(17-37-20(4)32)24(39-21(5)33)13-19(3)28(6,26(23)30)11-9-22(15-31)14-25(34)36-7/h8-9,15,19,23-24,26H,10-14,16-17H2,1-7H3. The molecule has 2 aliphatic carbocycles. The van der Waals surface area contributed by atoms with Crippen LogP contribution in [0.3, 0.4) is 0 Å². The summed E-state index contributed by atoms with van der Waals surface area (Å²) in [7, 11) is 1.26. The van der Waals surface area contributed by atoms with Crippen LogP contribution in [0, 0.1) is 22.7 Å². The molecule has 222 valence electrons. The van der Waals surface area contributed by atoms with Gasteiger partial charge in [0, 0.05) is 25.3 Å². The Hall–Kier alpha value is -3.01. The van der Waals surface area contributed by atoms with Gasteiger partial charge >= 0.3 is 23.9 Å². The van der Waals surface area contributed by atoms with E-state index in [0.717, 1.165) is 0 Å². The van der Waals surface area contributed by atoms with E-state index in [4.69, 9.17) is 23.7 Å². The smallest absolute Gasteiger partial charge is 0.333 e. The SMILES string of the molecule is CC=C(C)C(=O)OC1CCC2(CO2)C2(COC(C)=O)C(OC(C)=O)CC(C)C(C)(CC=C(C=O)CC(=O)OC)C12. The van der Waals surface area contributed by atoms with Crippen molar-refractivity contribution in [3.05, 3.63) is 23.3 Å². The molecule has 1 spiro atoms. The second-order valence-corrected chi connectivity index (χ2v) is 11.6. The predicted molar refractivity (Wildman–Crippen MR) is 143 cm³/mol. The molecule has 0 bridgehead atoms. The molecule has 2 saturated carbocycles. The lowest BCUT2D eigenvalue weighted by Gasteiger charge is -2.64. The summed E-state index contributed by atoms with van der Waals surface area (Å²) in [6.07, 6.45) is 4.40. The van der Waals surface area contributed by atoms with Crippen molar-refractivity contribution >= 4 is 30.2 Å². The van der Waals surface area contributed by atoms with Crippen molar-refractivity contribution < 1.29 is 47.7 Å². The molecular weight excluding hydrogens is 520 g/mol. The summed E-state index contributed by atoms with van der Waals surface area (Å²) in [6.45, 7) is 10.5. The number of rotatable bonds is 10. The molecular formula is C30H42O10. The van der Waals surface area contributed by atoms with Crippen molar-refractivity contribution in [1.29, 1.82) is 0 Å². The Kier molecular flexibility index (Phi) is 9.65. The van der Waals surface area contributed by atoms with Crippen molar-refractivity contribution in [2.24, 2.45) is 22.7 Å². The van der Waals surface area contributed by atoms with Gasteiger partial charge in [-0.1, -0.05) is 26.0 Å². The van der Waals surface area contributed by atoms with Crippen LogP contribution in [0.4, 0.5) is 0 Å². The molecule has 10 nitrogen and oxygen atoms in total. The zero-order valence-electron chi connectivity index (χ0n) is 24.6. The first-order valence-electron chi connectivity index (χ1n) is 13.8. The maximum atomic E-state index is 13.1. The molecule has 3 aliphatic rings. The van der Waals surface area contributed by atoms with Crippen LogP contribution in [-0.4, -0.2) is 68.3 Å². The lowest BCUT2D eigenvalue weighted by molar-refractivity contribution is -0.254. The van der Waals surface area contributed by atoms with Crippen LogP contribution in [0.25, 0.3) is 0 Å². The predicted octanol–water partition coefficient (Wildman–Crippen LogP) is 3.65. The first-order valence-corrected chi connectivity index (χ1v) is 13.8. The summed E-state index contributed by atoms with van der Waals surface area (Å²) >= 11 is 0. The van der Waals surface area contributed by atoms with Gasteiger partial charge in [0.1, 0.15) is 30.7 Å². The molecule has 7 atom stereocenters. The van der Waals surface area contributed by atoms with Crippen molar-refractivity contribution in [3.63, 3.8) is 0 Å². The van der Waals surface area contributed by atoms with Crippen LogP contribution < -0.4 is 0 Å². The molecule has 0 amide bonds. The van der Waals surface area contributed by atoms with Gasteiger partial charge in [0.05, 0.1) is 25.6 Å². The maximum Gasteiger partial charge on any atom is 0.333 e. The molecule has 1 heterocycles. The number of ether oxygens (including phenoxy) is 5. The number of carbonyl (C=O) groups is 5. The van der Waals surface area contributed by atoms with Gasteiger partial charge in [0.25, 0.3) is 0 Å². The number of methoxy groups -OCH3 is 1. The van der Waals surface area contributed by atoms with Crippen molar-refractivity contribution in [2.45, 2.75) is 91.5 Å². The summed E-state index contributed by atoms with van der Waals surface area (Å²) < 4.78 is 28.7. The lowest BCUT2D eigenvalue weighted by Crippen LogP contribution is -2.70. The minimum atomic E-state index is -1.02. The highest BCUT2D eigenvalue weighted by Crippen LogP contribution is 2.69. The van der Waals surface area contributed by atoms with Crippen LogP contribution >= 0.6 is 0 Å². The number of epoxide rings is 1. The van der Waals surface area contributed by atoms with Gasteiger partial charge in [0.15, 0.2) is 0 Å². The summed E-state index contributed by atoms with van der Waals surface area (Å²) in [4.78, 5) is 61.4. The van der Waals surface area contributed by atoms with Crippen molar-refractivity contribution in [3.8, 4) is 0 Å². The fourth-order valence-corrected chi connectivity index (χ4v) is 6.95. The van der Waals surface area contributed by atoms with Crippen molar-refractivity contribution in [1.82, 2.24) is 0 Å². The molecule has 3 rings (SSSR count). The highest BCUT2D eigenvalue weighted by atomic mass is 16.6. The monoisotopic (exact) mass is 562 g/mol. The summed E-state index contributed by atoms with van der Waals surface area (Å²) in [5, 5.41) is 0. The lowest BCUT2D eigenvalue weighted by atomic mass is 9.42. The largest absolute Gasteiger partial charge is 0.469 e.